The molecule has 0 atom stereocenters. The Bertz CT molecular complexity index is 644. The molecule has 1 fully saturated rings. The average Bonchev–Trinajstić information content (AvgIpc) is 2.88. The molecule has 0 radical (unpaired) electrons. The van der Waals surface area contributed by atoms with Crippen LogP contribution in [0.2, 0.25) is 0 Å². The first-order chi connectivity index (χ1) is 10.8. The molecule has 2 rings (SSSR count). The van der Waals surface area contributed by atoms with Crippen LogP contribution in [0.3, 0.4) is 0 Å². The molecule has 1 aliphatic carbocycles. The number of sulfonamides is 1. The zero-order valence-electron chi connectivity index (χ0n) is 14.1. The van der Waals surface area contributed by atoms with Gasteiger partial charge in [0.1, 0.15) is 0 Å². The van der Waals surface area contributed by atoms with Crippen LogP contribution in [0.4, 0.5) is 5.69 Å². The molecule has 0 aromatic heterocycles. The smallest absolute Gasteiger partial charge is 0.232 e. The van der Waals surface area contributed by atoms with E-state index in [0.29, 0.717) is 5.69 Å². The Morgan fingerprint density at radius 1 is 1.17 bits per heavy atom. The van der Waals surface area contributed by atoms with Gasteiger partial charge in [0.05, 0.1) is 11.9 Å². The zero-order chi connectivity index (χ0) is 17.0. The summed E-state index contributed by atoms with van der Waals surface area (Å²) in [6.07, 6.45) is 5.72. The highest BCUT2D eigenvalue weighted by molar-refractivity contribution is 7.92. The van der Waals surface area contributed by atoms with Crippen LogP contribution in [0.1, 0.15) is 43.2 Å². The standard InChI is InChI=1S/C17H26N2O3S/c1-13-10-14(2)12-16(11-13)19(23(3,21)22)9-8-17(20)18-15-6-4-5-7-15/h10-12,15H,4-9H2,1-3H3,(H,18,20). The van der Waals surface area contributed by atoms with E-state index in [0.717, 1.165) is 36.8 Å². The van der Waals surface area contributed by atoms with Crippen molar-refractivity contribution in [3.8, 4) is 0 Å². The van der Waals surface area contributed by atoms with Gasteiger partial charge in [-0.3, -0.25) is 9.10 Å². The van der Waals surface area contributed by atoms with Crippen molar-refractivity contribution < 1.29 is 13.2 Å². The maximum atomic E-state index is 12.1. The van der Waals surface area contributed by atoms with Crippen LogP contribution < -0.4 is 9.62 Å². The normalized spacial score (nSPS) is 15.6. The topological polar surface area (TPSA) is 66.5 Å². The molecular weight excluding hydrogens is 312 g/mol. The van der Waals surface area contributed by atoms with Crippen LogP contribution in [0, 0.1) is 13.8 Å². The first-order valence-corrected chi connectivity index (χ1v) is 9.96. The molecule has 1 amide bonds. The molecule has 0 saturated heterocycles. The fourth-order valence-electron chi connectivity index (χ4n) is 3.15. The van der Waals surface area contributed by atoms with Crippen molar-refractivity contribution in [2.75, 3.05) is 17.1 Å². The molecule has 1 aliphatic rings. The Kier molecular flexibility index (Phi) is 5.68. The van der Waals surface area contributed by atoms with Crippen LogP contribution >= 0.6 is 0 Å². The lowest BCUT2D eigenvalue weighted by Gasteiger charge is -2.23. The second kappa shape index (κ2) is 7.34. The number of aryl methyl sites for hydroxylation is 2. The van der Waals surface area contributed by atoms with Crippen molar-refractivity contribution in [3.05, 3.63) is 29.3 Å². The van der Waals surface area contributed by atoms with Crippen molar-refractivity contribution in [1.82, 2.24) is 5.32 Å². The molecule has 0 heterocycles. The molecule has 1 aromatic rings. The third-order valence-electron chi connectivity index (χ3n) is 4.16. The van der Waals surface area contributed by atoms with Gasteiger partial charge in [0.2, 0.25) is 15.9 Å². The molecule has 23 heavy (non-hydrogen) atoms. The summed E-state index contributed by atoms with van der Waals surface area (Å²) in [4.78, 5) is 12.1. The Balaban J connectivity index is 2.06. The summed E-state index contributed by atoms with van der Waals surface area (Å²) in [6.45, 7) is 4.04. The van der Waals surface area contributed by atoms with Crippen molar-refractivity contribution in [2.45, 2.75) is 52.0 Å². The van der Waals surface area contributed by atoms with Crippen molar-refractivity contribution in [3.63, 3.8) is 0 Å². The van der Waals surface area contributed by atoms with E-state index in [-0.39, 0.29) is 24.9 Å². The average molecular weight is 338 g/mol. The van der Waals surface area contributed by atoms with Crippen LogP contribution in [0.25, 0.3) is 0 Å². The predicted molar refractivity (Wildman–Crippen MR) is 93.1 cm³/mol. The van der Waals surface area contributed by atoms with E-state index in [1.807, 2.05) is 32.0 Å². The van der Waals surface area contributed by atoms with Crippen LogP contribution in [0.5, 0.6) is 0 Å². The van der Waals surface area contributed by atoms with Crippen molar-refractivity contribution in [2.24, 2.45) is 0 Å². The third kappa shape index (κ3) is 5.23. The summed E-state index contributed by atoms with van der Waals surface area (Å²) in [7, 11) is -3.42. The Morgan fingerprint density at radius 2 is 1.74 bits per heavy atom. The van der Waals surface area contributed by atoms with E-state index >= 15 is 0 Å². The minimum atomic E-state index is -3.42. The maximum Gasteiger partial charge on any atom is 0.232 e. The van der Waals surface area contributed by atoms with Gasteiger partial charge in [-0.1, -0.05) is 18.9 Å². The van der Waals surface area contributed by atoms with Crippen LogP contribution in [-0.4, -0.2) is 33.2 Å². The van der Waals surface area contributed by atoms with Gasteiger partial charge in [0.15, 0.2) is 0 Å². The number of anilines is 1. The van der Waals surface area contributed by atoms with E-state index in [2.05, 4.69) is 5.32 Å². The maximum absolute atomic E-state index is 12.1. The summed E-state index contributed by atoms with van der Waals surface area (Å²) in [5, 5.41) is 3.00. The number of nitrogens with zero attached hydrogens (tertiary/aromatic N) is 1. The molecule has 1 N–H and O–H groups in total. The number of carbonyl (C=O) groups is 1. The Morgan fingerprint density at radius 3 is 2.26 bits per heavy atom. The summed E-state index contributed by atoms with van der Waals surface area (Å²) in [6, 6.07) is 5.93. The second-order valence-corrected chi connectivity index (χ2v) is 8.39. The van der Waals surface area contributed by atoms with E-state index in [9.17, 15) is 13.2 Å². The van der Waals surface area contributed by atoms with E-state index in [1.54, 1.807) is 0 Å². The second-order valence-electron chi connectivity index (χ2n) is 6.48. The van der Waals surface area contributed by atoms with Gasteiger partial charge in [-0.2, -0.15) is 0 Å². The molecule has 1 saturated carbocycles. The molecule has 0 bridgehead atoms. The van der Waals surface area contributed by atoms with Crippen molar-refractivity contribution in [1.29, 1.82) is 0 Å². The van der Waals surface area contributed by atoms with Gasteiger partial charge in [-0.05, 0) is 49.9 Å². The van der Waals surface area contributed by atoms with Gasteiger partial charge in [-0.15, -0.1) is 0 Å². The van der Waals surface area contributed by atoms with Gasteiger partial charge in [0.25, 0.3) is 0 Å². The van der Waals surface area contributed by atoms with E-state index < -0.39 is 10.0 Å². The molecule has 128 valence electrons. The summed E-state index contributed by atoms with van der Waals surface area (Å²) < 4.78 is 25.5. The molecule has 5 nitrogen and oxygen atoms in total. The largest absolute Gasteiger partial charge is 0.353 e. The first kappa shape index (κ1) is 17.8. The highest BCUT2D eigenvalue weighted by Crippen LogP contribution is 2.22. The highest BCUT2D eigenvalue weighted by atomic mass is 32.2. The molecular formula is C17H26N2O3S. The third-order valence-corrected chi connectivity index (χ3v) is 5.35. The summed E-state index contributed by atoms with van der Waals surface area (Å²) in [5.74, 6) is -0.0741. The number of nitrogens with one attached hydrogen (secondary N) is 1. The quantitative estimate of drug-likeness (QED) is 0.867. The molecule has 0 unspecified atom stereocenters. The fraction of sp³-hybridized carbons (Fsp3) is 0.588. The number of benzene rings is 1. The SMILES string of the molecule is Cc1cc(C)cc(N(CCC(=O)NC2CCCC2)S(C)(=O)=O)c1. The molecule has 0 aliphatic heterocycles. The monoisotopic (exact) mass is 338 g/mol. The van der Waals surface area contributed by atoms with Gasteiger partial charge in [0, 0.05) is 19.0 Å². The van der Waals surface area contributed by atoms with E-state index in [1.165, 1.54) is 10.6 Å². The minimum absolute atomic E-state index is 0.0741. The number of hydrogen-bond acceptors (Lipinski definition) is 3. The predicted octanol–water partition coefficient (Wildman–Crippen LogP) is 2.52. The molecule has 0 spiro atoms. The number of rotatable bonds is 6. The minimum Gasteiger partial charge on any atom is -0.353 e. The van der Waals surface area contributed by atoms with Gasteiger partial charge in [-0.25, -0.2) is 8.42 Å². The summed E-state index contributed by atoms with van der Waals surface area (Å²) >= 11 is 0. The Labute approximate surface area is 139 Å². The highest BCUT2D eigenvalue weighted by Gasteiger charge is 2.21. The van der Waals surface area contributed by atoms with Crippen LogP contribution in [-0.2, 0) is 14.8 Å². The number of carbonyl (C=O) groups excluding carboxylic acids is 1. The lowest BCUT2D eigenvalue weighted by Crippen LogP contribution is -2.37. The lowest BCUT2D eigenvalue weighted by atomic mass is 10.1. The van der Waals surface area contributed by atoms with Gasteiger partial charge < -0.3 is 5.32 Å². The zero-order valence-corrected chi connectivity index (χ0v) is 14.9. The van der Waals surface area contributed by atoms with Crippen LogP contribution in [0.15, 0.2) is 18.2 Å². The van der Waals surface area contributed by atoms with Crippen molar-refractivity contribution >= 4 is 21.6 Å². The fourth-order valence-corrected chi connectivity index (χ4v) is 4.07. The lowest BCUT2D eigenvalue weighted by molar-refractivity contribution is -0.121. The van der Waals surface area contributed by atoms with E-state index in [4.69, 9.17) is 0 Å². The first-order valence-electron chi connectivity index (χ1n) is 8.11. The molecule has 1 aromatic carbocycles. The Hall–Kier alpha value is -1.56. The van der Waals surface area contributed by atoms with Gasteiger partial charge >= 0.3 is 0 Å². The summed E-state index contributed by atoms with van der Waals surface area (Å²) in [5.41, 5.74) is 2.63. The molecule has 6 heteroatoms. The number of hydrogen-bond donors (Lipinski definition) is 1. The number of amides is 1.